The zero-order valence-corrected chi connectivity index (χ0v) is 13.4. The molecule has 0 amide bonds. The largest absolute Gasteiger partial charge is 0.469 e. The van der Waals surface area contributed by atoms with Crippen molar-refractivity contribution < 1.29 is 9.53 Å². The molecule has 4 nitrogen and oxygen atoms in total. The van der Waals surface area contributed by atoms with Crippen LogP contribution in [0.2, 0.25) is 0 Å². The minimum atomic E-state index is -0.510. The molecule has 0 saturated carbocycles. The first-order valence-corrected chi connectivity index (χ1v) is 7.42. The molecule has 0 aromatic carbocycles. The van der Waals surface area contributed by atoms with Crippen LogP contribution in [0.4, 0.5) is 0 Å². The van der Waals surface area contributed by atoms with E-state index in [1.54, 1.807) is 0 Å². The van der Waals surface area contributed by atoms with Gasteiger partial charge in [0.15, 0.2) is 0 Å². The van der Waals surface area contributed by atoms with Gasteiger partial charge in [-0.15, -0.1) is 0 Å². The molecule has 0 spiro atoms. The molecular weight excluding hydrogens is 252 g/mol. The Morgan fingerprint density at radius 1 is 1.45 bits per heavy atom. The maximum Gasteiger partial charge on any atom is 0.313 e. The number of esters is 1. The van der Waals surface area contributed by atoms with Crippen LogP contribution >= 0.6 is 0 Å². The van der Waals surface area contributed by atoms with E-state index in [4.69, 9.17) is 4.74 Å². The van der Waals surface area contributed by atoms with Gasteiger partial charge in [-0.1, -0.05) is 13.8 Å². The fourth-order valence-electron chi connectivity index (χ4n) is 2.38. The molecule has 0 aliphatic heterocycles. The first kappa shape index (κ1) is 16.8. The Balaban J connectivity index is 2.73. The van der Waals surface area contributed by atoms with Gasteiger partial charge in [0.1, 0.15) is 0 Å². The number of nitrogens with zero attached hydrogens (tertiary/aromatic N) is 1. The maximum atomic E-state index is 11.7. The Labute approximate surface area is 122 Å². The second-order valence-corrected chi connectivity index (χ2v) is 5.91. The Kier molecular flexibility index (Phi) is 6.27. The van der Waals surface area contributed by atoms with Gasteiger partial charge in [-0.2, -0.15) is 0 Å². The molecule has 1 unspecified atom stereocenters. The Hall–Kier alpha value is -1.29. The van der Waals surface area contributed by atoms with Crippen molar-refractivity contribution in [2.75, 3.05) is 13.7 Å². The summed E-state index contributed by atoms with van der Waals surface area (Å²) in [7, 11) is 1.44. The average molecular weight is 280 g/mol. The lowest BCUT2D eigenvalue weighted by Crippen LogP contribution is -2.30. The first-order valence-electron chi connectivity index (χ1n) is 7.42. The number of carbonyl (C=O) groups is 1. The van der Waals surface area contributed by atoms with Crippen LogP contribution in [0.1, 0.15) is 52.1 Å². The first-order chi connectivity index (χ1) is 9.44. The number of methoxy groups -OCH3 is 1. The summed E-state index contributed by atoms with van der Waals surface area (Å²) in [5.74, 6) is -0.177. The minimum absolute atomic E-state index is 0.177. The number of nitrogens with one attached hydrogen (secondary N) is 1. The molecule has 4 heteroatoms. The monoisotopic (exact) mass is 280 g/mol. The van der Waals surface area contributed by atoms with Gasteiger partial charge in [-0.25, -0.2) is 0 Å². The predicted octanol–water partition coefficient (Wildman–Crippen LogP) is 3.14. The van der Waals surface area contributed by atoms with Gasteiger partial charge in [-0.05, 0) is 44.9 Å². The van der Waals surface area contributed by atoms with Gasteiger partial charge in [0.05, 0.1) is 12.5 Å². The zero-order valence-electron chi connectivity index (χ0n) is 13.4. The molecular formula is C16H28N2O2. The summed E-state index contributed by atoms with van der Waals surface area (Å²) in [5, 5.41) is 3.54. The van der Waals surface area contributed by atoms with Crippen molar-refractivity contribution in [2.24, 2.45) is 5.41 Å². The molecule has 0 radical (unpaired) electrons. The highest BCUT2D eigenvalue weighted by atomic mass is 16.5. The standard InChI is InChI=1S/C16H28N2O2/c1-6-9-17-14(7-2)13-8-10-18(11-13)12-16(3,4)15(19)20-5/h8,10-11,14,17H,6-7,9,12H2,1-5H3. The maximum absolute atomic E-state index is 11.7. The van der Waals surface area contributed by atoms with E-state index in [1.165, 1.54) is 12.7 Å². The van der Waals surface area contributed by atoms with Crippen molar-refractivity contribution in [1.29, 1.82) is 0 Å². The Bertz CT molecular complexity index is 424. The molecule has 0 aliphatic rings. The van der Waals surface area contributed by atoms with Gasteiger partial charge < -0.3 is 14.6 Å². The topological polar surface area (TPSA) is 43.3 Å². The van der Waals surface area contributed by atoms with E-state index in [0.717, 1.165) is 19.4 Å². The molecule has 1 rings (SSSR count). The van der Waals surface area contributed by atoms with Crippen LogP contribution in [0.5, 0.6) is 0 Å². The van der Waals surface area contributed by atoms with Gasteiger partial charge in [0.2, 0.25) is 0 Å². The zero-order chi connectivity index (χ0) is 15.2. The van der Waals surface area contributed by atoms with Crippen molar-refractivity contribution in [2.45, 2.75) is 53.1 Å². The second kappa shape index (κ2) is 7.48. The van der Waals surface area contributed by atoms with Crippen LogP contribution in [0.25, 0.3) is 0 Å². The number of carbonyl (C=O) groups excluding carboxylic acids is 1. The number of aromatic nitrogens is 1. The van der Waals surface area contributed by atoms with Crippen molar-refractivity contribution >= 4 is 5.97 Å². The molecule has 0 bridgehead atoms. The van der Waals surface area contributed by atoms with Gasteiger partial charge in [-0.3, -0.25) is 4.79 Å². The summed E-state index contributed by atoms with van der Waals surface area (Å²) in [4.78, 5) is 11.7. The number of hydrogen-bond donors (Lipinski definition) is 1. The smallest absolute Gasteiger partial charge is 0.313 e. The molecule has 0 aliphatic carbocycles. The van der Waals surface area contributed by atoms with Crippen molar-refractivity contribution in [1.82, 2.24) is 9.88 Å². The van der Waals surface area contributed by atoms with Crippen molar-refractivity contribution in [3.8, 4) is 0 Å². The minimum Gasteiger partial charge on any atom is -0.469 e. The summed E-state index contributed by atoms with van der Waals surface area (Å²) in [6.45, 7) is 9.82. The molecule has 0 fully saturated rings. The van der Waals surface area contributed by atoms with E-state index in [0.29, 0.717) is 12.6 Å². The number of ether oxygens (including phenoxy) is 1. The third-order valence-corrected chi connectivity index (χ3v) is 3.54. The van der Waals surface area contributed by atoms with E-state index in [9.17, 15) is 4.79 Å². The average Bonchev–Trinajstić information content (AvgIpc) is 2.86. The highest BCUT2D eigenvalue weighted by Gasteiger charge is 2.29. The quantitative estimate of drug-likeness (QED) is 0.744. The lowest BCUT2D eigenvalue weighted by molar-refractivity contribution is -0.151. The van der Waals surface area contributed by atoms with E-state index >= 15 is 0 Å². The van der Waals surface area contributed by atoms with Crippen LogP contribution in [0.15, 0.2) is 18.5 Å². The predicted molar refractivity (Wildman–Crippen MR) is 81.6 cm³/mol. The Morgan fingerprint density at radius 3 is 2.70 bits per heavy atom. The van der Waals surface area contributed by atoms with E-state index in [-0.39, 0.29) is 5.97 Å². The van der Waals surface area contributed by atoms with Gasteiger partial charge in [0.25, 0.3) is 0 Å². The number of hydrogen-bond acceptors (Lipinski definition) is 3. The van der Waals surface area contributed by atoms with Gasteiger partial charge in [0, 0.05) is 25.0 Å². The molecule has 1 aromatic rings. The summed E-state index contributed by atoms with van der Waals surface area (Å²) >= 11 is 0. The van der Waals surface area contributed by atoms with E-state index in [2.05, 4.69) is 36.0 Å². The van der Waals surface area contributed by atoms with Crippen LogP contribution in [0.3, 0.4) is 0 Å². The van der Waals surface area contributed by atoms with Crippen molar-refractivity contribution in [3.63, 3.8) is 0 Å². The van der Waals surface area contributed by atoms with Crippen LogP contribution in [-0.4, -0.2) is 24.2 Å². The van der Waals surface area contributed by atoms with Gasteiger partial charge >= 0.3 is 5.97 Å². The van der Waals surface area contributed by atoms with Crippen LogP contribution in [-0.2, 0) is 16.1 Å². The fraction of sp³-hybridized carbons (Fsp3) is 0.688. The normalized spacial score (nSPS) is 13.2. The molecule has 0 saturated heterocycles. The molecule has 1 heterocycles. The van der Waals surface area contributed by atoms with E-state index < -0.39 is 5.41 Å². The van der Waals surface area contributed by atoms with Crippen molar-refractivity contribution in [3.05, 3.63) is 24.0 Å². The lowest BCUT2D eigenvalue weighted by Gasteiger charge is -2.22. The number of rotatable bonds is 8. The molecule has 20 heavy (non-hydrogen) atoms. The third kappa shape index (κ3) is 4.37. The molecule has 1 atom stereocenters. The van der Waals surface area contributed by atoms with E-state index in [1.807, 2.05) is 20.0 Å². The highest BCUT2D eigenvalue weighted by Crippen LogP contribution is 2.23. The van der Waals surface area contributed by atoms with Crippen LogP contribution in [0, 0.1) is 5.41 Å². The third-order valence-electron chi connectivity index (χ3n) is 3.54. The summed E-state index contributed by atoms with van der Waals surface area (Å²) in [6.07, 6.45) is 6.36. The summed E-state index contributed by atoms with van der Waals surface area (Å²) < 4.78 is 6.92. The molecule has 114 valence electrons. The highest BCUT2D eigenvalue weighted by molar-refractivity contribution is 5.75. The summed E-state index contributed by atoms with van der Waals surface area (Å²) in [5.41, 5.74) is 0.769. The molecule has 1 aromatic heterocycles. The fourth-order valence-corrected chi connectivity index (χ4v) is 2.38. The summed E-state index contributed by atoms with van der Waals surface area (Å²) in [6, 6.07) is 2.52. The lowest BCUT2D eigenvalue weighted by atomic mass is 9.94. The Morgan fingerprint density at radius 2 is 2.15 bits per heavy atom. The molecule has 1 N–H and O–H groups in total. The van der Waals surface area contributed by atoms with Crippen LogP contribution < -0.4 is 5.32 Å². The SMILES string of the molecule is CCCNC(CC)c1ccn(CC(C)(C)C(=O)OC)c1. The second-order valence-electron chi connectivity index (χ2n) is 5.91.